The zero-order valence-corrected chi connectivity index (χ0v) is 26.2. The van der Waals surface area contributed by atoms with Gasteiger partial charge in [0.05, 0.1) is 16.1 Å². The lowest BCUT2D eigenvalue weighted by atomic mass is 9.98. The molecule has 2 aromatic heterocycles. The number of benzene rings is 8. The number of fused-ring (bicyclic) bond motifs is 9. The van der Waals surface area contributed by atoms with Crippen LogP contribution < -0.4 is 4.90 Å². The molecule has 10 aromatic rings. The molecule has 2 heterocycles. The largest absolute Gasteiger partial charge is 0.455 e. The Hall–Kier alpha value is -5.90. The number of nitrogens with zero attached hydrogens (tertiary/aromatic N) is 1. The predicted molar refractivity (Wildman–Crippen MR) is 202 cm³/mol. The van der Waals surface area contributed by atoms with Crippen LogP contribution >= 0.6 is 11.3 Å². The minimum Gasteiger partial charge on any atom is -0.455 e. The van der Waals surface area contributed by atoms with E-state index in [1.54, 1.807) is 0 Å². The quantitative estimate of drug-likeness (QED) is 0.195. The summed E-state index contributed by atoms with van der Waals surface area (Å²) in [5.74, 6) is 0. The van der Waals surface area contributed by atoms with Gasteiger partial charge >= 0.3 is 0 Å². The highest BCUT2D eigenvalue weighted by molar-refractivity contribution is 7.26. The van der Waals surface area contributed by atoms with Gasteiger partial charge in [0.2, 0.25) is 0 Å². The van der Waals surface area contributed by atoms with Gasteiger partial charge in [-0.3, -0.25) is 0 Å². The average molecular weight is 618 g/mol. The molecular formula is C44H27NOS. The first-order chi connectivity index (χ1) is 23.3. The van der Waals surface area contributed by atoms with Crippen LogP contribution in [0.3, 0.4) is 0 Å². The number of rotatable bonds is 4. The summed E-state index contributed by atoms with van der Waals surface area (Å²) in [7, 11) is 0. The zero-order valence-electron chi connectivity index (χ0n) is 25.4. The Morgan fingerprint density at radius 2 is 1.11 bits per heavy atom. The molecule has 0 aliphatic rings. The van der Waals surface area contributed by atoms with E-state index in [9.17, 15) is 0 Å². The summed E-state index contributed by atoms with van der Waals surface area (Å²) in [6.07, 6.45) is 0. The van der Waals surface area contributed by atoms with Crippen molar-refractivity contribution in [1.82, 2.24) is 0 Å². The molecule has 10 rings (SSSR count). The summed E-state index contributed by atoms with van der Waals surface area (Å²) in [5, 5.41) is 9.66. The van der Waals surface area contributed by atoms with Crippen molar-refractivity contribution >= 4 is 92.1 Å². The molecule has 8 aromatic carbocycles. The van der Waals surface area contributed by atoms with E-state index in [-0.39, 0.29) is 0 Å². The normalized spacial score (nSPS) is 11.8. The number of thiophene rings is 1. The molecule has 47 heavy (non-hydrogen) atoms. The fraction of sp³-hybridized carbons (Fsp3) is 0. The minimum atomic E-state index is 0.909. The monoisotopic (exact) mass is 617 g/mol. The Kier molecular flexibility index (Phi) is 5.78. The summed E-state index contributed by atoms with van der Waals surface area (Å²) in [6.45, 7) is 0. The van der Waals surface area contributed by atoms with E-state index in [4.69, 9.17) is 4.42 Å². The Morgan fingerprint density at radius 1 is 0.447 bits per heavy atom. The van der Waals surface area contributed by atoms with E-state index < -0.39 is 0 Å². The van der Waals surface area contributed by atoms with Gasteiger partial charge in [0.1, 0.15) is 11.2 Å². The summed E-state index contributed by atoms with van der Waals surface area (Å²) < 4.78 is 9.09. The average Bonchev–Trinajstić information content (AvgIpc) is 3.72. The van der Waals surface area contributed by atoms with Crippen molar-refractivity contribution in [2.75, 3.05) is 4.90 Å². The summed E-state index contributed by atoms with van der Waals surface area (Å²) in [6, 6.07) is 59.0. The highest BCUT2D eigenvalue weighted by atomic mass is 32.1. The minimum absolute atomic E-state index is 0.909. The van der Waals surface area contributed by atoms with Crippen molar-refractivity contribution in [3.63, 3.8) is 0 Å². The lowest BCUT2D eigenvalue weighted by Gasteiger charge is -2.27. The highest BCUT2D eigenvalue weighted by Gasteiger charge is 2.20. The second-order valence-electron chi connectivity index (χ2n) is 12.1. The molecule has 0 fully saturated rings. The highest BCUT2D eigenvalue weighted by Crippen LogP contribution is 2.47. The van der Waals surface area contributed by atoms with Crippen LogP contribution in [0.25, 0.3) is 74.8 Å². The first-order valence-electron chi connectivity index (χ1n) is 15.9. The lowest BCUT2D eigenvalue weighted by Crippen LogP contribution is -2.10. The third kappa shape index (κ3) is 4.04. The first-order valence-corrected chi connectivity index (χ1v) is 16.7. The molecular weight excluding hydrogens is 591 g/mol. The van der Waals surface area contributed by atoms with Gasteiger partial charge in [-0.2, -0.15) is 0 Å². The van der Waals surface area contributed by atoms with Gasteiger partial charge in [0, 0.05) is 42.7 Å². The lowest BCUT2D eigenvalue weighted by molar-refractivity contribution is 0.673. The molecule has 0 aliphatic carbocycles. The van der Waals surface area contributed by atoms with E-state index in [0.29, 0.717) is 0 Å². The second kappa shape index (κ2) is 10.3. The van der Waals surface area contributed by atoms with Crippen molar-refractivity contribution in [1.29, 1.82) is 0 Å². The number of hydrogen-bond donors (Lipinski definition) is 0. The van der Waals surface area contributed by atoms with Gasteiger partial charge in [0.25, 0.3) is 0 Å². The molecule has 0 bridgehead atoms. The van der Waals surface area contributed by atoms with Gasteiger partial charge in [-0.05, 0) is 64.4 Å². The molecule has 0 spiro atoms. The Morgan fingerprint density at radius 3 is 1.98 bits per heavy atom. The van der Waals surface area contributed by atoms with Crippen molar-refractivity contribution in [3.05, 3.63) is 164 Å². The van der Waals surface area contributed by atoms with Gasteiger partial charge in [-0.1, -0.05) is 121 Å². The van der Waals surface area contributed by atoms with Crippen molar-refractivity contribution in [2.45, 2.75) is 0 Å². The topological polar surface area (TPSA) is 16.4 Å². The molecule has 0 N–H and O–H groups in total. The standard InChI is InChI=1S/C44H27NOS/c1-3-13-32-28(10-1)12-7-18-38(32)45(39-19-8-17-36-35-15-5-6-21-41(35)47-44(36)39)31-25-22-30(23-26-31)33-16-9-20-40-42(33)37-27-24-29-11-2-4-14-34(29)43(37)46-40/h1-27H. The molecule has 2 nitrogen and oxygen atoms in total. The van der Waals surface area contributed by atoms with Crippen LogP contribution in [0.2, 0.25) is 0 Å². The Balaban J connectivity index is 1.18. The maximum Gasteiger partial charge on any atom is 0.143 e. The van der Waals surface area contributed by atoms with Crippen molar-refractivity contribution < 1.29 is 4.42 Å². The SMILES string of the molecule is c1ccc2c(N(c3ccc(-c4cccc5oc6c7ccccc7ccc6c45)cc3)c3cccc4c3sc3ccccc34)cccc2c1. The van der Waals surface area contributed by atoms with E-state index in [2.05, 4.69) is 169 Å². The van der Waals surface area contributed by atoms with E-state index >= 15 is 0 Å². The molecule has 0 atom stereocenters. The number of anilines is 3. The van der Waals surface area contributed by atoms with Gasteiger partial charge in [-0.25, -0.2) is 0 Å². The van der Waals surface area contributed by atoms with Crippen LogP contribution in [0.5, 0.6) is 0 Å². The van der Waals surface area contributed by atoms with Crippen molar-refractivity contribution in [2.24, 2.45) is 0 Å². The molecule has 220 valence electrons. The van der Waals surface area contributed by atoms with Crippen LogP contribution in [0, 0.1) is 0 Å². The van der Waals surface area contributed by atoms with Gasteiger partial charge < -0.3 is 9.32 Å². The first kappa shape index (κ1) is 26.3. The van der Waals surface area contributed by atoms with Gasteiger partial charge in [0.15, 0.2) is 0 Å². The predicted octanol–water partition coefficient (Wildman–Crippen LogP) is 13.4. The Bertz CT molecular complexity index is 2800. The third-order valence-corrected chi connectivity index (χ3v) is 10.7. The number of hydrogen-bond acceptors (Lipinski definition) is 3. The van der Waals surface area contributed by atoms with Crippen LogP contribution in [-0.4, -0.2) is 0 Å². The van der Waals surface area contributed by atoms with Crippen LogP contribution in [0.4, 0.5) is 17.1 Å². The zero-order chi connectivity index (χ0) is 30.9. The summed E-state index contributed by atoms with van der Waals surface area (Å²) in [5.41, 5.74) is 7.65. The smallest absolute Gasteiger partial charge is 0.143 e. The van der Waals surface area contributed by atoms with E-state index in [0.717, 1.165) is 44.3 Å². The van der Waals surface area contributed by atoms with Crippen molar-refractivity contribution in [3.8, 4) is 11.1 Å². The maximum atomic E-state index is 6.51. The van der Waals surface area contributed by atoms with Gasteiger partial charge in [-0.15, -0.1) is 11.3 Å². The second-order valence-corrected chi connectivity index (χ2v) is 13.1. The fourth-order valence-electron chi connectivity index (χ4n) is 7.30. The summed E-state index contributed by atoms with van der Waals surface area (Å²) >= 11 is 1.86. The molecule has 0 aliphatic heterocycles. The molecule has 3 heteroatoms. The molecule has 0 saturated heterocycles. The molecule has 0 unspecified atom stereocenters. The molecule has 0 amide bonds. The van der Waals surface area contributed by atoms with Crippen LogP contribution in [0.1, 0.15) is 0 Å². The van der Waals surface area contributed by atoms with E-state index in [1.165, 1.54) is 47.6 Å². The summed E-state index contributed by atoms with van der Waals surface area (Å²) in [4.78, 5) is 2.43. The fourth-order valence-corrected chi connectivity index (χ4v) is 8.51. The van der Waals surface area contributed by atoms with Crippen LogP contribution in [0.15, 0.2) is 168 Å². The molecule has 0 saturated carbocycles. The maximum absolute atomic E-state index is 6.51. The van der Waals surface area contributed by atoms with Crippen LogP contribution in [-0.2, 0) is 0 Å². The Labute approximate surface area is 275 Å². The molecule has 0 radical (unpaired) electrons. The van der Waals surface area contributed by atoms with E-state index in [1.807, 2.05) is 11.3 Å². The number of furan rings is 1. The third-order valence-electron chi connectivity index (χ3n) is 9.46.